The summed E-state index contributed by atoms with van der Waals surface area (Å²) in [5.74, 6) is 0. The molecule has 0 N–H and O–H groups in total. The fourth-order valence-electron chi connectivity index (χ4n) is 1.34. The molecule has 0 fully saturated rings. The monoisotopic (exact) mass is 172 g/mol. The molecule has 0 aliphatic heterocycles. The van der Waals surface area contributed by atoms with Crippen LogP contribution in [0, 0.1) is 6.42 Å². The summed E-state index contributed by atoms with van der Waals surface area (Å²) in [5, 5.41) is 0. The van der Waals surface area contributed by atoms with Crippen LogP contribution in [0.2, 0.25) is 0 Å². The molecule has 0 nitrogen and oxygen atoms in total. The Balaban J connectivity index is 0.000000500. The van der Waals surface area contributed by atoms with E-state index in [1.54, 1.807) is 0 Å². The van der Waals surface area contributed by atoms with Crippen LogP contribution in [0.1, 0.15) is 17.5 Å². The van der Waals surface area contributed by atoms with Crippen LogP contribution in [0.4, 0.5) is 0 Å². The van der Waals surface area contributed by atoms with Crippen LogP contribution < -0.4 is 0 Å². The summed E-state index contributed by atoms with van der Waals surface area (Å²) in [6.07, 6.45) is 4.78. The SMILES string of the molecule is [Mn].c1ccc2c(c1)[CH-]CC2. The fourth-order valence-corrected chi connectivity index (χ4v) is 1.34. The second-order valence-electron chi connectivity index (χ2n) is 2.44. The summed E-state index contributed by atoms with van der Waals surface area (Å²) in [4.78, 5) is 0. The van der Waals surface area contributed by atoms with Crippen molar-refractivity contribution in [3.63, 3.8) is 0 Å². The van der Waals surface area contributed by atoms with Crippen molar-refractivity contribution < 1.29 is 17.1 Å². The van der Waals surface area contributed by atoms with Gasteiger partial charge in [-0.3, -0.25) is 0 Å². The average molecular weight is 172 g/mol. The molecule has 0 spiro atoms. The zero-order valence-corrected chi connectivity index (χ0v) is 6.86. The summed E-state index contributed by atoms with van der Waals surface area (Å²) in [5.41, 5.74) is 2.95. The smallest absolute Gasteiger partial charge is 0 e. The Labute approximate surface area is 72.1 Å². The van der Waals surface area contributed by atoms with Gasteiger partial charge in [0, 0.05) is 17.1 Å². The van der Waals surface area contributed by atoms with Crippen LogP contribution in [0.3, 0.4) is 0 Å². The van der Waals surface area contributed by atoms with Crippen LogP contribution in [-0.2, 0) is 23.5 Å². The molecular weight excluding hydrogens is 163 g/mol. The van der Waals surface area contributed by atoms with E-state index in [0.29, 0.717) is 0 Å². The fraction of sp³-hybridized carbons (Fsp3) is 0.222. The molecule has 53 valence electrons. The van der Waals surface area contributed by atoms with Crippen LogP contribution in [0.15, 0.2) is 24.3 Å². The van der Waals surface area contributed by atoms with Gasteiger partial charge in [0.05, 0.1) is 0 Å². The van der Waals surface area contributed by atoms with Gasteiger partial charge in [-0.05, 0) is 0 Å². The summed E-state index contributed by atoms with van der Waals surface area (Å²) in [7, 11) is 0. The summed E-state index contributed by atoms with van der Waals surface area (Å²) in [6.45, 7) is 0. The normalized spacial score (nSPS) is 13.2. The molecule has 0 heterocycles. The van der Waals surface area contributed by atoms with Crippen molar-refractivity contribution in [2.75, 3.05) is 0 Å². The summed E-state index contributed by atoms with van der Waals surface area (Å²) in [6, 6.07) is 8.60. The number of aryl methyl sites for hydroxylation is 1. The molecule has 1 aliphatic carbocycles. The van der Waals surface area contributed by atoms with Crippen molar-refractivity contribution >= 4 is 0 Å². The summed E-state index contributed by atoms with van der Waals surface area (Å²) < 4.78 is 0. The van der Waals surface area contributed by atoms with Crippen LogP contribution in [0.5, 0.6) is 0 Å². The molecule has 1 aromatic rings. The maximum atomic E-state index is 2.30. The van der Waals surface area contributed by atoms with Gasteiger partial charge in [-0.15, -0.1) is 17.7 Å². The molecule has 1 aliphatic rings. The first-order valence-electron chi connectivity index (χ1n) is 3.38. The zero-order valence-electron chi connectivity index (χ0n) is 5.68. The van der Waals surface area contributed by atoms with Gasteiger partial charge >= 0.3 is 0 Å². The first-order valence-corrected chi connectivity index (χ1v) is 3.38. The second kappa shape index (κ2) is 3.14. The van der Waals surface area contributed by atoms with Gasteiger partial charge in [-0.1, -0.05) is 18.9 Å². The maximum Gasteiger partial charge on any atom is 0 e. The molecule has 1 heteroatoms. The van der Waals surface area contributed by atoms with Gasteiger partial charge in [0.15, 0.2) is 0 Å². The summed E-state index contributed by atoms with van der Waals surface area (Å²) >= 11 is 0. The molecule has 0 bridgehead atoms. The molecule has 0 saturated carbocycles. The van der Waals surface area contributed by atoms with E-state index in [2.05, 4.69) is 30.7 Å². The molecular formula is C9H9Mn-. The second-order valence-corrected chi connectivity index (χ2v) is 2.44. The Hall–Kier alpha value is -0.391. The largest absolute Gasteiger partial charge is 0.189 e. The predicted molar refractivity (Wildman–Crippen MR) is 38.2 cm³/mol. The van der Waals surface area contributed by atoms with E-state index in [4.69, 9.17) is 0 Å². The number of fused-ring (bicyclic) bond motifs is 1. The van der Waals surface area contributed by atoms with E-state index < -0.39 is 0 Å². The standard InChI is InChI=1S/C9H9.Mn/c1-2-5-9-7-3-6-8(9)4-1;/h1-2,4-6H,3,7H2;/q-1;. The van der Waals surface area contributed by atoms with E-state index in [9.17, 15) is 0 Å². The third kappa shape index (κ3) is 1.20. The molecule has 0 unspecified atom stereocenters. The zero-order chi connectivity index (χ0) is 6.10. The van der Waals surface area contributed by atoms with Gasteiger partial charge in [0.2, 0.25) is 0 Å². The van der Waals surface area contributed by atoms with Crippen LogP contribution in [0.25, 0.3) is 0 Å². The Morgan fingerprint density at radius 1 is 1.20 bits per heavy atom. The molecule has 2 rings (SSSR count). The molecule has 0 atom stereocenters. The molecule has 0 saturated heterocycles. The van der Waals surface area contributed by atoms with Crippen LogP contribution in [-0.4, -0.2) is 0 Å². The van der Waals surface area contributed by atoms with E-state index in [-0.39, 0.29) is 17.1 Å². The third-order valence-electron chi connectivity index (χ3n) is 1.83. The van der Waals surface area contributed by atoms with Gasteiger partial charge < -0.3 is 0 Å². The first kappa shape index (κ1) is 7.71. The number of hydrogen-bond donors (Lipinski definition) is 0. The Kier molecular flexibility index (Phi) is 2.42. The maximum absolute atomic E-state index is 2.30. The number of hydrogen-bond acceptors (Lipinski definition) is 0. The first-order chi connectivity index (χ1) is 4.47. The minimum atomic E-state index is 0. The third-order valence-corrected chi connectivity index (χ3v) is 1.83. The van der Waals surface area contributed by atoms with Gasteiger partial charge in [0.25, 0.3) is 0 Å². The van der Waals surface area contributed by atoms with Gasteiger partial charge in [0.1, 0.15) is 0 Å². The Morgan fingerprint density at radius 2 is 2.00 bits per heavy atom. The molecule has 1 radical (unpaired) electrons. The van der Waals surface area contributed by atoms with Crippen molar-refractivity contribution in [3.8, 4) is 0 Å². The van der Waals surface area contributed by atoms with Crippen molar-refractivity contribution in [2.45, 2.75) is 12.8 Å². The minimum absolute atomic E-state index is 0. The predicted octanol–water partition coefficient (Wildman–Crippen LogP) is 2.18. The number of rotatable bonds is 0. The van der Waals surface area contributed by atoms with Crippen molar-refractivity contribution in [3.05, 3.63) is 41.8 Å². The Morgan fingerprint density at radius 3 is 2.80 bits per heavy atom. The van der Waals surface area contributed by atoms with E-state index >= 15 is 0 Å². The van der Waals surface area contributed by atoms with E-state index in [1.807, 2.05) is 0 Å². The van der Waals surface area contributed by atoms with Crippen molar-refractivity contribution in [2.24, 2.45) is 0 Å². The molecule has 1 aromatic carbocycles. The average Bonchev–Trinajstić information content (AvgIpc) is 2.33. The topological polar surface area (TPSA) is 0 Å². The molecule has 10 heavy (non-hydrogen) atoms. The van der Waals surface area contributed by atoms with Crippen molar-refractivity contribution in [1.82, 2.24) is 0 Å². The molecule has 0 amide bonds. The van der Waals surface area contributed by atoms with Gasteiger partial charge in [-0.2, -0.15) is 18.1 Å². The van der Waals surface area contributed by atoms with Crippen molar-refractivity contribution in [1.29, 1.82) is 0 Å². The minimum Gasteiger partial charge on any atom is -0.189 e. The van der Waals surface area contributed by atoms with Gasteiger partial charge in [-0.25, -0.2) is 0 Å². The number of benzene rings is 1. The quantitative estimate of drug-likeness (QED) is 0.415. The molecule has 0 aromatic heterocycles. The Bertz CT molecular complexity index is 195. The van der Waals surface area contributed by atoms with E-state index in [1.165, 1.54) is 24.0 Å². The van der Waals surface area contributed by atoms with Crippen LogP contribution >= 0.6 is 0 Å². The van der Waals surface area contributed by atoms with E-state index in [0.717, 1.165) is 0 Å².